The SMILES string of the molecule is CCCCOC(=O)Cn1ccc2ccc(Br)cc21. The predicted octanol–water partition coefficient (Wildman–Crippen LogP) is 3.75. The number of unbranched alkanes of at least 4 members (excludes halogenated alkanes) is 1. The summed E-state index contributed by atoms with van der Waals surface area (Å²) in [5.41, 5.74) is 1.04. The van der Waals surface area contributed by atoms with Gasteiger partial charge in [-0.2, -0.15) is 0 Å². The molecule has 0 saturated heterocycles. The Morgan fingerprint density at radius 3 is 3.00 bits per heavy atom. The molecule has 4 heteroatoms. The number of carbonyl (C=O) groups is 1. The molecule has 2 aromatic rings. The smallest absolute Gasteiger partial charge is 0.325 e. The normalized spacial score (nSPS) is 10.8. The molecule has 1 aromatic heterocycles. The Hall–Kier alpha value is -1.29. The first-order chi connectivity index (χ1) is 8.70. The second-order valence-corrected chi connectivity index (χ2v) is 5.14. The van der Waals surface area contributed by atoms with Crippen LogP contribution in [0.1, 0.15) is 19.8 Å². The first-order valence-electron chi connectivity index (χ1n) is 6.10. The lowest BCUT2D eigenvalue weighted by molar-refractivity contribution is -0.144. The van der Waals surface area contributed by atoms with Gasteiger partial charge < -0.3 is 9.30 Å². The Balaban J connectivity index is 2.07. The van der Waals surface area contributed by atoms with Gasteiger partial charge in [-0.25, -0.2) is 0 Å². The highest BCUT2D eigenvalue weighted by Crippen LogP contribution is 2.20. The third-order valence-corrected chi connectivity index (χ3v) is 3.29. The topological polar surface area (TPSA) is 31.2 Å². The fourth-order valence-corrected chi connectivity index (χ4v) is 2.16. The van der Waals surface area contributed by atoms with E-state index in [4.69, 9.17) is 4.74 Å². The van der Waals surface area contributed by atoms with E-state index in [0.717, 1.165) is 28.2 Å². The van der Waals surface area contributed by atoms with E-state index < -0.39 is 0 Å². The number of benzene rings is 1. The molecule has 0 N–H and O–H groups in total. The Kier molecular flexibility index (Phi) is 4.42. The molecule has 0 fully saturated rings. The zero-order valence-corrected chi connectivity index (χ0v) is 11.9. The highest BCUT2D eigenvalue weighted by Gasteiger charge is 2.07. The van der Waals surface area contributed by atoms with Gasteiger partial charge in [0.05, 0.1) is 6.61 Å². The quantitative estimate of drug-likeness (QED) is 0.622. The molecule has 2 rings (SSSR count). The maximum absolute atomic E-state index is 11.7. The number of esters is 1. The van der Waals surface area contributed by atoms with E-state index in [0.29, 0.717) is 6.61 Å². The summed E-state index contributed by atoms with van der Waals surface area (Å²) in [6.07, 6.45) is 3.87. The molecule has 0 radical (unpaired) electrons. The Bertz CT molecular complexity index is 548. The van der Waals surface area contributed by atoms with Gasteiger partial charge in [-0.05, 0) is 30.0 Å². The first kappa shape index (κ1) is 13.1. The monoisotopic (exact) mass is 309 g/mol. The second kappa shape index (κ2) is 6.05. The molecule has 0 unspecified atom stereocenters. The minimum absolute atomic E-state index is 0.180. The molecule has 1 aromatic carbocycles. The van der Waals surface area contributed by atoms with Crippen molar-refractivity contribution in [2.75, 3.05) is 6.61 Å². The molecule has 18 heavy (non-hydrogen) atoms. The number of nitrogens with zero attached hydrogens (tertiary/aromatic N) is 1. The number of rotatable bonds is 5. The highest BCUT2D eigenvalue weighted by atomic mass is 79.9. The van der Waals surface area contributed by atoms with Gasteiger partial charge in [0.1, 0.15) is 6.54 Å². The van der Waals surface area contributed by atoms with Crippen LogP contribution in [0.5, 0.6) is 0 Å². The van der Waals surface area contributed by atoms with Gasteiger partial charge in [-0.3, -0.25) is 4.79 Å². The molecule has 0 atom stereocenters. The molecule has 0 aliphatic rings. The summed E-state index contributed by atoms with van der Waals surface area (Å²) in [4.78, 5) is 11.7. The molecule has 3 nitrogen and oxygen atoms in total. The Labute approximate surface area is 115 Å². The van der Waals surface area contributed by atoms with Crippen LogP contribution in [-0.2, 0) is 16.1 Å². The maximum atomic E-state index is 11.7. The van der Waals surface area contributed by atoms with Crippen molar-refractivity contribution in [1.82, 2.24) is 4.57 Å². The maximum Gasteiger partial charge on any atom is 0.325 e. The summed E-state index contributed by atoms with van der Waals surface area (Å²) < 4.78 is 8.08. The van der Waals surface area contributed by atoms with E-state index in [1.807, 2.05) is 35.0 Å². The van der Waals surface area contributed by atoms with E-state index in [1.54, 1.807) is 0 Å². The molecule has 0 aliphatic carbocycles. The average molecular weight is 310 g/mol. The van der Waals surface area contributed by atoms with Gasteiger partial charge in [0, 0.05) is 16.2 Å². The number of hydrogen-bond donors (Lipinski definition) is 0. The summed E-state index contributed by atoms with van der Waals surface area (Å²) in [5.74, 6) is -0.180. The van der Waals surface area contributed by atoms with Crippen molar-refractivity contribution in [2.45, 2.75) is 26.3 Å². The molecule has 0 aliphatic heterocycles. The van der Waals surface area contributed by atoms with Crippen LogP contribution in [0.15, 0.2) is 34.9 Å². The Morgan fingerprint density at radius 1 is 1.39 bits per heavy atom. The van der Waals surface area contributed by atoms with Crippen LogP contribution in [0.3, 0.4) is 0 Å². The lowest BCUT2D eigenvalue weighted by Crippen LogP contribution is -2.13. The summed E-state index contributed by atoms with van der Waals surface area (Å²) in [6.45, 7) is 2.85. The highest BCUT2D eigenvalue weighted by molar-refractivity contribution is 9.10. The molecule has 0 amide bonds. The lowest BCUT2D eigenvalue weighted by Gasteiger charge is -2.06. The Morgan fingerprint density at radius 2 is 2.22 bits per heavy atom. The number of hydrogen-bond acceptors (Lipinski definition) is 2. The minimum Gasteiger partial charge on any atom is -0.464 e. The second-order valence-electron chi connectivity index (χ2n) is 4.22. The number of halogens is 1. The van der Waals surface area contributed by atoms with Crippen LogP contribution in [-0.4, -0.2) is 17.1 Å². The van der Waals surface area contributed by atoms with E-state index in [2.05, 4.69) is 22.9 Å². The van der Waals surface area contributed by atoms with Gasteiger partial charge in [-0.1, -0.05) is 35.3 Å². The van der Waals surface area contributed by atoms with E-state index in [9.17, 15) is 4.79 Å². The van der Waals surface area contributed by atoms with Crippen molar-refractivity contribution >= 4 is 32.8 Å². The summed E-state index contributed by atoms with van der Waals surface area (Å²) in [7, 11) is 0. The average Bonchev–Trinajstić information content (AvgIpc) is 2.72. The predicted molar refractivity (Wildman–Crippen MR) is 75.5 cm³/mol. The molecule has 0 saturated carbocycles. The summed E-state index contributed by atoms with van der Waals surface area (Å²) >= 11 is 3.44. The molecular weight excluding hydrogens is 294 g/mol. The molecule has 0 bridgehead atoms. The van der Waals surface area contributed by atoms with Crippen molar-refractivity contribution in [1.29, 1.82) is 0 Å². The van der Waals surface area contributed by atoms with Crippen molar-refractivity contribution in [3.05, 3.63) is 34.9 Å². The van der Waals surface area contributed by atoms with Gasteiger partial charge >= 0.3 is 5.97 Å². The van der Waals surface area contributed by atoms with Crippen molar-refractivity contribution in [3.63, 3.8) is 0 Å². The standard InChI is InChI=1S/C14H16BrNO2/c1-2-3-8-18-14(17)10-16-7-6-11-4-5-12(15)9-13(11)16/h4-7,9H,2-3,8,10H2,1H3. The number of ether oxygens (including phenoxy) is 1. The van der Waals surface area contributed by atoms with Crippen LogP contribution < -0.4 is 0 Å². The molecule has 1 heterocycles. The first-order valence-corrected chi connectivity index (χ1v) is 6.90. The van der Waals surface area contributed by atoms with Crippen LogP contribution >= 0.6 is 15.9 Å². The van der Waals surface area contributed by atoms with Crippen LogP contribution in [0.2, 0.25) is 0 Å². The van der Waals surface area contributed by atoms with Crippen LogP contribution in [0, 0.1) is 0 Å². The summed E-state index contributed by atoms with van der Waals surface area (Å²) in [5, 5.41) is 1.12. The number of aromatic nitrogens is 1. The number of fused-ring (bicyclic) bond motifs is 1. The van der Waals surface area contributed by atoms with Crippen molar-refractivity contribution in [2.24, 2.45) is 0 Å². The van der Waals surface area contributed by atoms with E-state index in [-0.39, 0.29) is 12.5 Å². The third-order valence-electron chi connectivity index (χ3n) is 2.80. The zero-order valence-electron chi connectivity index (χ0n) is 10.4. The zero-order chi connectivity index (χ0) is 13.0. The fourth-order valence-electron chi connectivity index (χ4n) is 1.81. The molecular formula is C14H16BrNO2. The van der Waals surface area contributed by atoms with E-state index in [1.165, 1.54) is 0 Å². The minimum atomic E-state index is -0.180. The largest absolute Gasteiger partial charge is 0.464 e. The van der Waals surface area contributed by atoms with E-state index >= 15 is 0 Å². The van der Waals surface area contributed by atoms with Gasteiger partial charge in [0.2, 0.25) is 0 Å². The number of carbonyl (C=O) groups excluding carboxylic acids is 1. The van der Waals surface area contributed by atoms with Crippen LogP contribution in [0.4, 0.5) is 0 Å². The van der Waals surface area contributed by atoms with Crippen LogP contribution in [0.25, 0.3) is 10.9 Å². The van der Waals surface area contributed by atoms with Gasteiger partial charge in [0.25, 0.3) is 0 Å². The molecule has 0 spiro atoms. The lowest BCUT2D eigenvalue weighted by atomic mass is 10.2. The van der Waals surface area contributed by atoms with Crippen molar-refractivity contribution < 1.29 is 9.53 Å². The van der Waals surface area contributed by atoms with Crippen molar-refractivity contribution in [3.8, 4) is 0 Å². The fraction of sp³-hybridized carbons (Fsp3) is 0.357. The van der Waals surface area contributed by atoms with Gasteiger partial charge in [-0.15, -0.1) is 0 Å². The third kappa shape index (κ3) is 3.13. The summed E-state index contributed by atoms with van der Waals surface area (Å²) in [6, 6.07) is 8.03. The molecule has 96 valence electrons. The van der Waals surface area contributed by atoms with Gasteiger partial charge in [0.15, 0.2) is 0 Å².